The summed E-state index contributed by atoms with van der Waals surface area (Å²) in [5, 5.41) is 0. The van der Waals surface area contributed by atoms with Crippen LogP contribution in [0.3, 0.4) is 0 Å². The summed E-state index contributed by atoms with van der Waals surface area (Å²) in [7, 11) is 1.41. The van der Waals surface area contributed by atoms with Gasteiger partial charge in [-0.1, -0.05) is 54.6 Å². The fourth-order valence-corrected chi connectivity index (χ4v) is 5.30. The lowest BCUT2D eigenvalue weighted by Gasteiger charge is -2.26. The molecule has 2 bridgehead atoms. The quantitative estimate of drug-likeness (QED) is 0.417. The molecule has 182 valence electrons. The molecule has 2 aliphatic rings. The molecule has 5 rings (SSSR count). The van der Waals surface area contributed by atoms with Gasteiger partial charge >= 0.3 is 11.9 Å². The highest BCUT2D eigenvalue weighted by molar-refractivity contribution is 5.86. The zero-order valence-corrected chi connectivity index (χ0v) is 19.7. The van der Waals surface area contributed by atoms with Crippen LogP contribution >= 0.6 is 0 Å². The highest BCUT2D eigenvalue weighted by Gasteiger charge is 2.51. The van der Waals surface area contributed by atoms with Crippen LogP contribution in [0.2, 0.25) is 0 Å². The molecule has 1 aromatic heterocycles. The van der Waals surface area contributed by atoms with Gasteiger partial charge in [-0.25, -0.2) is 9.78 Å². The van der Waals surface area contributed by atoms with Crippen LogP contribution in [0.15, 0.2) is 65.3 Å². The second-order valence-electron chi connectivity index (χ2n) is 9.16. The molecule has 3 aromatic rings. The molecule has 0 aliphatic carbocycles. The standard InChI is InChI=1S/C28H29NO6/c1-32-25(30)14-11-19-9-5-6-10-20(19)15-21-23-12-13-24(35-23)26(21)27-29-22(17-33-27)28(31)34-16-18-7-3-2-4-8-18/h2-10,17,21,23-24,26H,11-16H2,1H3/t21-,23-,24+,26-/m0/s1. The molecule has 2 aromatic carbocycles. The third-order valence-electron chi connectivity index (χ3n) is 7.05. The average molecular weight is 476 g/mol. The Balaban J connectivity index is 1.29. The van der Waals surface area contributed by atoms with E-state index in [-0.39, 0.29) is 42.3 Å². The predicted octanol–water partition coefficient (Wildman–Crippen LogP) is 4.64. The summed E-state index contributed by atoms with van der Waals surface area (Å²) in [5.74, 6) is -0.0381. The van der Waals surface area contributed by atoms with Crippen LogP contribution in [0.4, 0.5) is 0 Å². The van der Waals surface area contributed by atoms with Crippen LogP contribution in [-0.2, 0) is 38.5 Å². The van der Waals surface area contributed by atoms with Crippen molar-refractivity contribution >= 4 is 11.9 Å². The minimum absolute atomic E-state index is 0.0269. The van der Waals surface area contributed by atoms with E-state index >= 15 is 0 Å². The maximum absolute atomic E-state index is 12.6. The summed E-state index contributed by atoms with van der Waals surface area (Å²) in [6, 6.07) is 17.7. The summed E-state index contributed by atoms with van der Waals surface area (Å²) in [4.78, 5) is 28.8. The minimum Gasteiger partial charge on any atom is -0.469 e. The number of fused-ring (bicyclic) bond motifs is 2. The minimum atomic E-state index is -0.502. The summed E-state index contributed by atoms with van der Waals surface area (Å²) in [6.45, 7) is 0.185. The lowest BCUT2D eigenvalue weighted by molar-refractivity contribution is -0.140. The first kappa shape index (κ1) is 23.3. The number of benzene rings is 2. The van der Waals surface area contributed by atoms with Crippen molar-refractivity contribution in [1.29, 1.82) is 0 Å². The molecule has 3 heterocycles. The molecular formula is C28H29NO6. The Morgan fingerprint density at radius 2 is 1.74 bits per heavy atom. The molecule has 35 heavy (non-hydrogen) atoms. The van der Waals surface area contributed by atoms with Crippen molar-refractivity contribution in [3.63, 3.8) is 0 Å². The van der Waals surface area contributed by atoms with E-state index in [2.05, 4.69) is 17.1 Å². The van der Waals surface area contributed by atoms with Crippen LogP contribution in [-0.4, -0.2) is 36.2 Å². The van der Waals surface area contributed by atoms with Gasteiger partial charge < -0.3 is 18.6 Å². The summed E-state index contributed by atoms with van der Waals surface area (Å²) in [6.07, 6.45) is 5.26. The predicted molar refractivity (Wildman–Crippen MR) is 127 cm³/mol. The van der Waals surface area contributed by atoms with Crippen molar-refractivity contribution < 1.29 is 28.2 Å². The molecule has 0 radical (unpaired) electrons. The van der Waals surface area contributed by atoms with Crippen molar-refractivity contribution in [3.8, 4) is 0 Å². The number of hydrogen-bond donors (Lipinski definition) is 0. The molecule has 7 heteroatoms. The SMILES string of the molecule is COC(=O)CCc1ccccc1C[C@@H]1[C@H](c2nc(C(=O)OCc3ccccc3)co2)[C@H]2CC[C@@H]1O2. The highest BCUT2D eigenvalue weighted by Crippen LogP contribution is 2.50. The van der Waals surface area contributed by atoms with Gasteiger partial charge in [-0.3, -0.25) is 4.79 Å². The first-order valence-corrected chi connectivity index (χ1v) is 12.1. The van der Waals surface area contributed by atoms with Gasteiger partial charge in [0, 0.05) is 12.3 Å². The highest BCUT2D eigenvalue weighted by atomic mass is 16.5. The van der Waals surface area contributed by atoms with E-state index in [1.165, 1.54) is 18.9 Å². The van der Waals surface area contributed by atoms with E-state index in [0.29, 0.717) is 18.7 Å². The Kier molecular flexibility index (Phi) is 6.95. The van der Waals surface area contributed by atoms with E-state index in [1.54, 1.807) is 0 Å². The summed E-state index contributed by atoms with van der Waals surface area (Å²) < 4.78 is 22.3. The Bertz CT molecular complexity index is 1170. The first-order chi connectivity index (χ1) is 17.1. The molecule has 0 saturated carbocycles. The van der Waals surface area contributed by atoms with Gasteiger partial charge in [0.25, 0.3) is 0 Å². The third kappa shape index (κ3) is 5.15. The molecule has 0 N–H and O–H groups in total. The number of methoxy groups -OCH3 is 1. The Morgan fingerprint density at radius 3 is 2.54 bits per heavy atom. The molecule has 2 saturated heterocycles. The Hall–Kier alpha value is -3.45. The van der Waals surface area contributed by atoms with Crippen molar-refractivity contribution in [1.82, 2.24) is 4.98 Å². The van der Waals surface area contributed by atoms with E-state index < -0.39 is 5.97 Å². The molecule has 4 atom stereocenters. The molecular weight excluding hydrogens is 446 g/mol. The van der Waals surface area contributed by atoms with Gasteiger partial charge in [-0.05, 0) is 42.4 Å². The van der Waals surface area contributed by atoms with Gasteiger partial charge in [-0.2, -0.15) is 0 Å². The number of oxazole rings is 1. The largest absolute Gasteiger partial charge is 0.469 e. The number of aromatic nitrogens is 1. The average Bonchev–Trinajstić information content (AvgIpc) is 3.64. The summed E-state index contributed by atoms with van der Waals surface area (Å²) >= 11 is 0. The smallest absolute Gasteiger partial charge is 0.360 e. The molecule has 2 aliphatic heterocycles. The number of rotatable bonds is 9. The summed E-state index contributed by atoms with van der Waals surface area (Å²) in [5.41, 5.74) is 3.42. The number of carbonyl (C=O) groups is 2. The van der Waals surface area contributed by atoms with Crippen molar-refractivity contribution in [2.75, 3.05) is 7.11 Å². The third-order valence-corrected chi connectivity index (χ3v) is 7.05. The van der Waals surface area contributed by atoms with Crippen LogP contribution in [0.1, 0.15) is 58.2 Å². The number of hydrogen-bond acceptors (Lipinski definition) is 7. The Labute approximate surface area is 204 Å². The fourth-order valence-electron chi connectivity index (χ4n) is 5.30. The van der Waals surface area contributed by atoms with Crippen LogP contribution < -0.4 is 0 Å². The van der Waals surface area contributed by atoms with Crippen molar-refractivity contribution in [2.45, 2.75) is 56.8 Å². The van der Waals surface area contributed by atoms with Crippen molar-refractivity contribution in [3.05, 3.63) is 89.1 Å². The lowest BCUT2D eigenvalue weighted by Crippen LogP contribution is -2.28. The number of ether oxygens (including phenoxy) is 3. The van der Waals surface area contributed by atoms with E-state index in [0.717, 1.165) is 30.4 Å². The molecule has 0 unspecified atom stereocenters. The number of esters is 2. The van der Waals surface area contributed by atoms with Gasteiger partial charge in [0.05, 0.1) is 25.2 Å². The fraction of sp³-hybridized carbons (Fsp3) is 0.393. The maximum Gasteiger partial charge on any atom is 0.360 e. The normalized spacial score (nSPS) is 22.8. The zero-order chi connectivity index (χ0) is 24.2. The number of aryl methyl sites for hydroxylation is 1. The monoisotopic (exact) mass is 475 g/mol. The second-order valence-corrected chi connectivity index (χ2v) is 9.16. The molecule has 2 fully saturated rings. The first-order valence-electron chi connectivity index (χ1n) is 12.1. The van der Waals surface area contributed by atoms with Gasteiger partial charge in [0.15, 0.2) is 5.69 Å². The Morgan fingerprint density at radius 1 is 1.00 bits per heavy atom. The van der Waals surface area contributed by atoms with Gasteiger partial charge in [0.1, 0.15) is 12.9 Å². The topological polar surface area (TPSA) is 87.9 Å². The molecule has 7 nitrogen and oxygen atoms in total. The lowest BCUT2D eigenvalue weighted by atomic mass is 9.75. The number of carbonyl (C=O) groups excluding carboxylic acids is 2. The molecule has 0 spiro atoms. The van der Waals surface area contributed by atoms with Crippen molar-refractivity contribution in [2.24, 2.45) is 5.92 Å². The van der Waals surface area contributed by atoms with Crippen LogP contribution in [0.5, 0.6) is 0 Å². The zero-order valence-electron chi connectivity index (χ0n) is 19.7. The van der Waals surface area contributed by atoms with Gasteiger partial charge in [-0.15, -0.1) is 0 Å². The molecule has 0 amide bonds. The van der Waals surface area contributed by atoms with E-state index in [9.17, 15) is 9.59 Å². The van der Waals surface area contributed by atoms with E-state index in [4.69, 9.17) is 18.6 Å². The maximum atomic E-state index is 12.6. The number of nitrogens with zero attached hydrogens (tertiary/aromatic N) is 1. The van der Waals surface area contributed by atoms with E-state index in [1.807, 2.05) is 42.5 Å². The van der Waals surface area contributed by atoms with Gasteiger partial charge in [0.2, 0.25) is 5.89 Å². The van der Waals surface area contributed by atoms with Crippen LogP contribution in [0.25, 0.3) is 0 Å². The van der Waals surface area contributed by atoms with Crippen LogP contribution in [0, 0.1) is 5.92 Å². The second kappa shape index (κ2) is 10.4.